The van der Waals surface area contributed by atoms with Gasteiger partial charge in [-0.2, -0.15) is 11.8 Å². The number of anilines is 1. The van der Waals surface area contributed by atoms with Crippen molar-refractivity contribution >= 4 is 17.4 Å². The summed E-state index contributed by atoms with van der Waals surface area (Å²) in [6.07, 6.45) is 3.36. The zero-order chi connectivity index (χ0) is 12.7. The van der Waals surface area contributed by atoms with Crippen molar-refractivity contribution in [1.29, 1.82) is 0 Å². The molecule has 1 aromatic rings. The smallest absolute Gasteiger partial charge is 0.0412 e. The van der Waals surface area contributed by atoms with Crippen molar-refractivity contribution in [3.05, 3.63) is 29.8 Å². The first kappa shape index (κ1) is 14.4. The molecule has 0 aliphatic carbocycles. The molecule has 0 amide bonds. The fourth-order valence-corrected chi connectivity index (χ4v) is 2.93. The quantitative estimate of drug-likeness (QED) is 0.803. The minimum absolute atomic E-state index is 0.614. The van der Waals surface area contributed by atoms with Gasteiger partial charge in [0.1, 0.15) is 0 Å². The van der Waals surface area contributed by atoms with E-state index in [1.54, 1.807) is 0 Å². The number of para-hydroxylation sites is 1. The third-order valence-electron chi connectivity index (χ3n) is 3.12. The molecule has 0 spiro atoms. The Bertz CT molecular complexity index is 328. The Morgan fingerprint density at radius 1 is 1.35 bits per heavy atom. The molecule has 1 unspecified atom stereocenters. The Labute approximate surface area is 110 Å². The average molecular weight is 252 g/mol. The van der Waals surface area contributed by atoms with Crippen LogP contribution >= 0.6 is 11.8 Å². The maximum atomic E-state index is 3.24. The Morgan fingerprint density at radius 2 is 2.06 bits per heavy atom. The van der Waals surface area contributed by atoms with Gasteiger partial charge in [-0.15, -0.1) is 0 Å². The molecule has 0 aliphatic rings. The summed E-state index contributed by atoms with van der Waals surface area (Å²) in [5, 5.41) is 3.24. The maximum absolute atomic E-state index is 3.24. The molecule has 1 aromatic carbocycles. The summed E-state index contributed by atoms with van der Waals surface area (Å²) in [7, 11) is 4.20. The van der Waals surface area contributed by atoms with Crippen molar-refractivity contribution in [3.8, 4) is 0 Å². The van der Waals surface area contributed by atoms with E-state index in [1.807, 2.05) is 18.8 Å². The van der Waals surface area contributed by atoms with E-state index in [0.717, 1.165) is 6.54 Å². The van der Waals surface area contributed by atoms with Gasteiger partial charge >= 0.3 is 0 Å². The lowest BCUT2D eigenvalue weighted by Gasteiger charge is -2.30. The van der Waals surface area contributed by atoms with Crippen LogP contribution in [0.1, 0.15) is 18.9 Å². The highest BCUT2D eigenvalue weighted by atomic mass is 32.2. The van der Waals surface area contributed by atoms with Crippen LogP contribution in [-0.2, 0) is 6.54 Å². The third-order valence-corrected chi connectivity index (χ3v) is 3.83. The number of hydrogen-bond acceptors (Lipinski definition) is 3. The van der Waals surface area contributed by atoms with Crippen LogP contribution in [0.2, 0.25) is 0 Å². The lowest BCUT2D eigenvalue weighted by Crippen LogP contribution is -2.34. The number of nitrogens with one attached hydrogen (secondary N) is 1. The summed E-state index contributed by atoms with van der Waals surface area (Å²) < 4.78 is 0. The van der Waals surface area contributed by atoms with E-state index in [-0.39, 0.29) is 0 Å². The molecule has 2 nitrogen and oxygen atoms in total. The largest absolute Gasteiger partial charge is 0.371 e. The van der Waals surface area contributed by atoms with Gasteiger partial charge in [0, 0.05) is 31.1 Å². The molecular formula is C14H24N2S. The number of hydrogen-bond donors (Lipinski definition) is 1. The molecule has 96 valence electrons. The summed E-state index contributed by atoms with van der Waals surface area (Å²) in [6, 6.07) is 9.27. The predicted octanol–water partition coefficient (Wildman–Crippen LogP) is 2.98. The molecule has 0 aromatic heterocycles. The molecule has 1 atom stereocenters. The van der Waals surface area contributed by atoms with Crippen LogP contribution in [0.5, 0.6) is 0 Å². The van der Waals surface area contributed by atoms with Crippen LogP contribution in [0.15, 0.2) is 24.3 Å². The number of thioether (sulfide) groups is 1. The van der Waals surface area contributed by atoms with Crippen molar-refractivity contribution in [3.63, 3.8) is 0 Å². The van der Waals surface area contributed by atoms with E-state index in [1.165, 1.54) is 23.4 Å². The van der Waals surface area contributed by atoms with Gasteiger partial charge < -0.3 is 10.2 Å². The van der Waals surface area contributed by atoms with E-state index in [0.29, 0.717) is 6.04 Å². The number of rotatable bonds is 7. The van der Waals surface area contributed by atoms with Crippen LogP contribution in [0.3, 0.4) is 0 Å². The van der Waals surface area contributed by atoms with Crippen LogP contribution < -0.4 is 10.2 Å². The minimum atomic E-state index is 0.614. The first-order chi connectivity index (χ1) is 8.24. The van der Waals surface area contributed by atoms with Crippen LogP contribution in [0.4, 0.5) is 5.69 Å². The topological polar surface area (TPSA) is 15.3 Å². The highest BCUT2D eigenvalue weighted by Gasteiger charge is 2.14. The van der Waals surface area contributed by atoms with Crippen molar-refractivity contribution in [1.82, 2.24) is 5.32 Å². The van der Waals surface area contributed by atoms with Gasteiger partial charge in [0.25, 0.3) is 0 Å². The summed E-state index contributed by atoms with van der Waals surface area (Å²) in [4.78, 5) is 2.42. The predicted molar refractivity (Wildman–Crippen MR) is 80.1 cm³/mol. The molecule has 0 fully saturated rings. The molecule has 0 radical (unpaired) electrons. The fourth-order valence-electron chi connectivity index (χ4n) is 2.09. The molecule has 3 heteroatoms. The summed E-state index contributed by atoms with van der Waals surface area (Å²) >= 11 is 1.92. The van der Waals surface area contributed by atoms with E-state index in [9.17, 15) is 0 Å². The average Bonchev–Trinajstić information content (AvgIpc) is 2.36. The van der Waals surface area contributed by atoms with Crippen LogP contribution in [0.25, 0.3) is 0 Å². The summed E-state index contributed by atoms with van der Waals surface area (Å²) in [6.45, 7) is 3.19. The molecule has 1 rings (SSSR count). The van der Waals surface area contributed by atoms with Gasteiger partial charge in [0.2, 0.25) is 0 Å². The first-order valence-corrected chi connectivity index (χ1v) is 7.58. The lowest BCUT2D eigenvalue weighted by molar-refractivity contribution is 0.667. The molecule has 0 saturated heterocycles. The Balaban J connectivity index is 2.89. The van der Waals surface area contributed by atoms with Crippen molar-refractivity contribution in [2.75, 3.05) is 31.0 Å². The first-order valence-electron chi connectivity index (χ1n) is 6.18. The van der Waals surface area contributed by atoms with Gasteiger partial charge in [0.05, 0.1) is 0 Å². The zero-order valence-corrected chi connectivity index (χ0v) is 12.2. The van der Waals surface area contributed by atoms with Crippen molar-refractivity contribution in [2.24, 2.45) is 0 Å². The summed E-state index contributed by atoms with van der Waals surface area (Å²) in [5.41, 5.74) is 2.72. The fraction of sp³-hybridized carbons (Fsp3) is 0.571. The number of benzene rings is 1. The Morgan fingerprint density at radius 3 is 2.65 bits per heavy atom. The molecule has 1 N–H and O–H groups in total. The highest BCUT2D eigenvalue weighted by molar-refractivity contribution is 7.98. The van der Waals surface area contributed by atoms with Gasteiger partial charge in [-0.3, -0.25) is 0 Å². The van der Waals surface area contributed by atoms with E-state index < -0.39 is 0 Å². The molecule has 0 aliphatic heterocycles. The Kier molecular flexibility index (Phi) is 6.45. The van der Waals surface area contributed by atoms with Gasteiger partial charge in [-0.05, 0) is 31.4 Å². The third kappa shape index (κ3) is 3.93. The molecule has 0 heterocycles. The highest BCUT2D eigenvalue weighted by Crippen LogP contribution is 2.23. The van der Waals surface area contributed by atoms with Crippen LogP contribution in [0, 0.1) is 0 Å². The molecule has 0 bridgehead atoms. The maximum Gasteiger partial charge on any atom is 0.0412 e. The van der Waals surface area contributed by atoms with Gasteiger partial charge in [-0.25, -0.2) is 0 Å². The van der Waals surface area contributed by atoms with Crippen molar-refractivity contribution < 1.29 is 0 Å². The second-order valence-electron chi connectivity index (χ2n) is 4.29. The van der Waals surface area contributed by atoms with E-state index in [2.05, 4.69) is 54.7 Å². The second kappa shape index (κ2) is 7.62. The summed E-state index contributed by atoms with van der Waals surface area (Å²) in [5.74, 6) is 1.18. The van der Waals surface area contributed by atoms with E-state index >= 15 is 0 Å². The monoisotopic (exact) mass is 252 g/mol. The van der Waals surface area contributed by atoms with Crippen molar-refractivity contribution in [2.45, 2.75) is 25.9 Å². The minimum Gasteiger partial charge on any atom is -0.371 e. The molecule has 0 saturated carbocycles. The molecular weight excluding hydrogens is 228 g/mol. The normalized spacial score (nSPS) is 12.5. The lowest BCUT2D eigenvalue weighted by atomic mass is 10.1. The van der Waals surface area contributed by atoms with Gasteiger partial charge in [0.15, 0.2) is 0 Å². The van der Waals surface area contributed by atoms with Crippen LogP contribution in [-0.4, -0.2) is 32.1 Å². The molecule has 17 heavy (non-hydrogen) atoms. The van der Waals surface area contributed by atoms with Gasteiger partial charge in [-0.1, -0.05) is 25.1 Å². The zero-order valence-electron chi connectivity index (χ0n) is 11.4. The SMILES string of the molecule is CCC(CSC)N(C)c1ccccc1CNC. The standard InChI is InChI=1S/C14H24N2S/c1-5-13(11-17-4)16(3)14-9-7-6-8-12(14)10-15-2/h6-9,13,15H,5,10-11H2,1-4H3. The number of nitrogens with zero attached hydrogens (tertiary/aromatic N) is 1. The Hall–Kier alpha value is -0.670. The van der Waals surface area contributed by atoms with E-state index in [4.69, 9.17) is 0 Å². The second-order valence-corrected chi connectivity index (χ2v) is 5.20.